The first-order valence-electron chi connectivity index (χ1n) is 13.2. The summed E-state index contributed by atoms with van der Waals surface area (Å²) in [5, 5.41) is 13.3. The predicted octanol–water partition coefficient (Wildman–Crippen LogP) is 5.51. The van der Waals surface area contributed by atoms with E-state index in [4.69, 9.17) is 21.7 Å². The van der Waals surface area contributed by atoms with Crippen molar-refractivity contribution in [1.29, 1.82) is 5.26 Å². The Kier molecular flexibility index (Phi) is 9.86. The van der Waals surface area contributed by atoms with E-state index in [2.05, 4.69) is 11.4 Å². The van der Waals surface area contributed by atoms with E-state index < -0.39 is 0 Å². The van der Waals surface area contributed by atoms with E-state index in [-0.39, 0.29) is 17.0 Å². The molecule has 2 heterocycles. The summed E-state index contributed by atoms with van der Waals surface area (Å²) in [7, 11) is 3.17. The molecule has 2 aromatic carbocycles. The molecule has 212 valence electrons. The number of methoxy groups -OCH3 is 2. The lowest BCUT2D eigenvalue weighted by atomic mass is 10.0. The van der Waals surface area contributed by atoms with E-state index in [1.807, 2.05) is 55.5 Å². The number of anilines is 1. The molecule has 4 rings (SSSR count). The average molecular weight is 589 g/mol. The summed E-state index contributed by atoms with van der Waals surface area (Å²) in [6, 6.07) is 17.6. The van der Waals surface area contributed by atoms with E-state index in [9.17, 15) is 14.9 Å². The molecule has 1 aliphatic rings. The molecule has 0 bridgehead atoms. The molecule has 1 aliphatic heterocycles. The predicted molar refractivity (Wildman–Crippen MR) is 167 cm³/mol. The van der Waals surface area contributed by atoms with Crippen LogP contribution in [0.4, 0.5) is 5.82 Å². The van der Waals surface area contributed by atoms with E-state index >= 15 is 0 Å². The smallest absolute Gasteiger partial charge is 0.270 e. The van der Waals surface area contributed by atoms with Crippen LogP contribution in [-0.2, 0) is 24.3 Å². The molecule has 1 saturated heterocycles. The third-order valence-electron chi connectivity index (χ3n) is 6.85. The third-order valence-corrected chi connectivity index (χ3v) is 8.22. The lowest BCUT2D eigenvalue weighted by Crippen LogP contribution is -2.30. The van der Waals surface area contributed by atoms with Gasteiger partial charge in [-0.3, -0.25) is 19.1 Å². The molecule has 1 N–H and O–H groups in total. The Morgan fingerprint density at radius 1 is 1.05 bits per heavy atom. The summed E-state index contributed by atoms with van der Waals surface area (Å²) in [6.45, 7) is 5.02. The molecule has 0 aliphatic carbocycles. The zero-order valence-electron chi connectivity index (χ0n) is 23.5. The fourth-order valence-electron chi connectivity index (χ4n) is 4.67. The summed E-state index contributed by atoms with van der Waals surface area (Å²) < 4.78 is 12.8. The van der Waals surface area contributed by atoms with Gasteiger partial charge in [-0.15, -0.1) is 0 Å². The molecule has 8 nitrogen and oxygen atoms in total. The SMILES string of the molecule is CCCn1c(NCc2ccccc2)c(/C=C2/SC(=S)N(CCc3ccc(OC)c(OC)c3)C2=O)c(C)c(C#N)c1=O. The van der Waals surface area contributed by atoms with Gasteiger partial charge in [0.25, 0.3) is 11.5 Å². The van der Waals surface area contributed by atoms with Crippen molar-refractivity contribution in [2.75, 3.05) is 26.1 Å². The number of pyridine rings is 1. The summed E-state index contributed by atoms with van der Waals surface area (Å²) in [5.41, 5.74) is 2.90. The summed E-state index contributed by atoms with van der Waals surface area (Å²) in [5.74, 6) is 1.63. The fourth-order valence-corrected chi connectivity index (χ4v) is 5.96. The van der Waals surface area contributed by atoms with Gasteiger partial charge in [0.15, 0.2) is 11.5 Å². The number of rotatable bonds is 11. The molecular formula is C31H32N4O4S2. The van der Waals surface area contributed by atoms with Crippen molar-refractivity contribution in [1.82, 2.24) is 9.47 Å². The standard InChI is InChI=1S/C31H32N4O4S2/c1-5-14-34-28(33-19-22-9-7-6-8-10-22)23(20(2)24(18-32)29(34)36)17-27-30(37)35(31(40)41-27)15-13-21-11-12-25(38-3)26(16-21)39-4/h6-12,16-17,33H,5,13-15,19H2,1-4H3/b27-17+. The largest absolute Gasteiger partial charge is 0.493 e. The highest BCUT2D eigenvalue weighted by Crippen LogP contribution is 2.35. The molecule has 10 heteroatoms. The second kappa shape index (κ2) is 13.5. The number of aromatic nitrogens is 1. The van der Waals surface area contributed by atoms with Crippen molar-refractivity contribution < 1.29 is 14.3 Å². The summed E-state index contributed by atoms with van der Waals surface area (Å²) in [4.78, 5) is 28.8. The van der Waals surface area contributed by atoms with Gasteiger partial charge in [-0.2, -0.15) is 5.26 Å². The third kappa shape index (κ3) is 6.47. The van der Waals surface area contributed by atoms with E-state index in [1.54, 1.807) is 36.7 Å². The topological polar surface area (TPSA) is 96.6 Å². The first-order chi connectivity index (χ1) is 19.8. The Morgan fingerprint density at radius 2 is 1.78 bits per heavy atom. The number of ether oxygens (including phenoxy) is 2. The number of nitriles is 1. The van der Waals surface area contributed by atoms with Crippen molar-refractivity contribution in [2.24, 2.45) is 0 Å². The Hall–Kier alpha value is -4.07. The van der Waals surface area contributed by atoms with Crippen molar-refractivity contribution >= 4 is 46.1 Å². The Balaban J connectivity index is 1.67. The molecule has 1 amide bonds. The Labute approximate surface area is 249 Å². The molecule has 0 atom stereocenters. The highest BCUT2D eigenvalue weighted by molar-refractivity contribution is 8.26. The summed E-state index contributed by atoms with van der Waals surface area (Å²) in [6.07, 6.45) is 3.03. The van der Waals surface area contributed by atoms with E-state index in [0.29, 0.717) is 70.1 Å². The highest BCUT2D eigenvalue weighted by Gasteiger charge is 2.32. The van der Waals surface area contributed by atoms with Crippen LogP contribution in [0.1, 0.15) is 41.2 Å². The van der Waals surface area contributed by atoms with Crippen LogP contribution >= 0.6 is 24.0 Å². The number of carbonyl (C=O) groups is 1. The number of thioether (sulfide) groups is 1. The van der Waals surface area contributed by atoms with Crippen LogP contribution in [0.15, 0.2) is 58.2 Å². The maximum Gasteiger partial charge on any atom is 0.270 e. The van der Waals surface area contributed by atoms with Crippen LogP contribution in [-0.4, -0.2) is 40.5 Å². The molecule has 0 spiro atoms. The van der Waals surface area contributed by atoms with Crippen LogP contribution in [0.25, 0.3) is 6.08 Å². The Morgan fingerprint density at radius 3 is 2.44 bits per heavy atom. The van der Waals surface area contributed by atoms with Gasteiger partial charge in [-0.1, -0.05) is 67.3 Å². The Bertz CT molecular complexity index is 1590. The van der Waals surface area contributed by atoms with Gasteiger partial charge in [-0.05, 0) is 54.7 Å². The zero-order chi connectivity index (χ0) is 29.5. The van der Waals surface area contributed by atoms with E-state index in [0.717, 1.165) is 11.1 Å². The van der Waals surface area contributed by atoms with E-state index in [1.165, 1.54) is 11.8 Å². The number of amides is 1. The normalized spacial score (nSPS) is 13.9. The molecule has 1 aromatic heterocycles. The summed E-state index contributed by atoms with van der Waals surface area (Å²) >= 11 is 6.81. The minimum Gasteiger partial charge on any atom is -0.493 e. The van der Waals surface area contributed by atoms with Gasteiger partial charge < -0.3 is 14.8 Å². The van der Waals surface area contributed by atoms with Gasteiger partial charge in [0.2, 0.25) is 0 Å². The van der Waals surface area contributed by atoms with Crippen LogP contribution in [0.5, 0.6) is 11.5 Å². The van der Waals surface area contributed by atoms with Gasteiger partial charge in [0.1, 0.15) is 21.8 Å². The average Bonchev–Trinajstić information content (AvgIpc) is 3.25. The molecule has 3 aromatic rings. The van der Waals surface area contributed by atoms with Crippen molar-refractivity contribution in [3.63, 3.8) is 0 Å². The van der Waals surface area contributed by atoms with Crippen LogP contribution in [0.2, 0.25) is 0 Å². The van der Waals surface area contributed by atoms with Crippen molar-refractivity contribution in [3.05, 3.63) is 91.6 Å². The van der Waals surface area contributed by atoms with Crippen molar-refractivity contribution in [3.8, 4) is 17.6 Å². The van der Waals surface area contributed by atoms with Crippen molar-refractivity contribution in [2.45, 2.75) is 39.8 Å². The van der Waals surface area contributed by atoms with Gasteiger partial charge in [0.05, 0.1) is 19.1 Å². The molecule has 41 heavy (non-hydrogen) atoms. The lowest BCUT2D eigenvalue weighted by molar-refractivity contribution is -0.122. The second-order valence-corrected chi connectivity index (χ2v) is 11.1. The minimum atomic E-state index is -0.345. The fraction of sp³-hybridized carbons (Fsp3) is 0.290. The number of carbonyl (C=O) groups excluding carboxylic acids is 1. The molecular weight excluding hydrogens is 556 g/mol. The number of nitrogens with zero attached hydrogens (tertiary/aromatic N) is 3. The molecule has 0 saturated carbocycles. The number of nitrogens with one attached hydrogen (secondary N) is 1. The number of hydrogen-bond acceptors (Lipinski definition) is 8. The quantitative estimate of drug-likeness (QED) is 0.231. The zero-order valence-corrected chi connectivity index (χ0v) is 25.2. The number of thiocarbonyl (C=S) groups is 1. The highest BCUT2D eigenvalue weighted by atomic mass is 32.2. The van der Waals surface area contributed by atoms with Gasteiger partial charge >= 0.3 is 0 Å². The first kappa shape index (κ1) is 29.9. The van der Waals surface area contributed by atoms with Crippen LogP contribution < -0.4 is 20.3 Å². The van der Waals surface area contributed by atoms with Crippen LogP contribution in [0, 0.1) is 18.3 Å². The first-order valence-corrected chi connectivity index (χ1v) is 14.5. The van der Waals surface area contributed by atoms with Crippen LogP contribution in [0.3, 0.4) is 0 Å². The number of benzene rings is 2. The van der Waals surface area contributed by atoms with Gasteiger partial charge in [0, 0.05) is 25.2 Å². The molecule has 1 fully saturated rings. The molecule has 0 radical (unpaired) electrons. The monoisotopic (exact) mass is 588 g/mol. The maximum absolute atomic E-state index is 13.5. The lowest BCUT2D eigenvalue weighted by Gasteiger charge is -2.20. The molecule has 0 unspecified atom stereocenters. The minimum absolute atomic E-state index is 0.0684. The van der Waals surface area contributed by atoms with Gasteiger partial charge in [-0.25, -0.2) is 0 Å². The maximum atomic E-state index is 13.5. The number of hydrogen-bond donors (Lipinski definition) is 1. The second-order valence-electron chi connectivity index (χ2n) is 9.44.